The van der Waals surface area contributed by atoms with E-state index in [1.165, 1.54) is 17.8 Å². The molecular formula is C9H15N3OS. The van der Waals surface area contributed by atoms with Crippen LogP contribution in [0.2, 0.25) is 0 Å². The van der Waals surface area contributed by atoms with E-state index in [-0.39, 0.29) is 11.6 Å². The van der Waals surface area contributed by atoms with Gasteiger partial charge in [0, 0.05) is 23.6 Å². The minimum atomic E-state index is -0.0965. The molecule has 1 aromatic rings. The summed E-state index contributed by atoms with van der Waals surface area (Å²) in [7, 11) is 0. The smallest absolute Gasteiger partial charge is 0.251 e. The largest absolute Gasteiger partial charge is 0.328 e. The van der Waals surface area contributed by atoms with Gasteiger partial charge in [-0.25, -0.2) is 4.98 Å². The molecule has 5 heteroatoms. The first-order valence-corrected chi connectivity index (χ1v) is 5.53. The molecule has 0 amide bonds. The van der Waals surface area contributed by atoms with Crippen LogP contribution >= 0.6 is 11.8 Å². The van der Waals surface area contributed by atoms with Gasteiger partial charge in [-0.05, 0) is 20.3 Å². The van der Waals surface area contributed by atoms with Crippen LogP contribution < -0.4 is 11.3 Å². The standard InChI is InChI=1S/C9H15N3OS/c1-6(10)3-4-14-9-11-7(2)5-8(13)12-9/h5-6H,3-4,10H2,1-2H3,(H,11,12,13). The summed E-state index contributed by atoms with van der Waals surface area (Å²) >= 11 is 1.53. The van der Waals surface area contributed by atoms with Gasteiger partial charge in [-0.2, -0.15) is 0 Å². The molecule has 78 valence electrons. The summed E-state index contributed by atoms with van der Waals surface area (Å²) < 4.78 is 0. The highest BCUT2D eigenvalue weighted by Gasteiger charge is 2.00. The highest BCUT2D eigenvalue weighted by atomic mass is 32.2. The van der Waals surface area contributed by atoms with Gasteiger partial charge in [0.1, 0.15) is 0 Å². The van der Waals surface area contributed by atoms with Crippen LogP contribution in [0.1, 0.15) is 19.0 Å². The van der Waals surface area contributed by atoms with Gasteiger partial charge in [-0.1, -0.05) is 11.8 Å². The van der Waals surface area contributed by atoms with Gasteiger partial charge >= 0.3 is 0 Å². The van der Waals surface area contributed by atoms with Gasteiger partial charge in [0.05, 0.1) is 0 Å². The molecule has 14 heavy (non-hydrogen) atoms. The Balaban J connectivity index is 2.55. The summed E-state index contributed by atoms with van der Waals surface area (Å²) in [5.74, 6) is 0.879. The Morgan fingerprint density at radius 1 is 1.71 bits per heavy atom. The predicted molar refractivity (Wildman–Crippen MR) is 58.6 cm³/mol. The third kappa shape index (κ3) is 3.93. The van der Waals surface area contributed by atoms with Crippen molar-refractivity contribution in [1.82, 2.24) is 9.97 Å². The number of thioether (sulfide) groups is 1. The molecule has 0 aromatic carbocycles. The number of aromatic nitrogens is 2. The van der Waals surface area contributed by atoms with Gasteiger partial charge in [0.25, 0.3) is 5.56 Å². The number of aromatic amines is 1. The zero-order valence-electron chi connectivity index (χ0n) is 8.41. The van der Waals surface area contributed by atoms with Crippen molar-refractivity contribution in [1.29, 1.82) is 0 Å². The molecule has 0 spiro atoms. The quantitative estimate of drug-likeness (QED) is 0.576. The first kappa shape index (κ1) is 11.3. The first-order valence-electron chi connectivity index (χ1n) is 4.54. The Hall–Kier alpha value is -0.810. The average molecular weight is 213 g/mol. The van der Waals surface area contributed by atoms with Crippen molar-refractivity contribution in [3.8, 4) is 0 Å². The zero-order chi connectivity index (χ0) is 10.6. The first-order chi connectivity index (χ1) is 6.58. The van der Waals surface area contributed by atoms with E-state index in [0.29, 0.717) is 5.16 Å². The third-order valence-electron chi connectivity index (χ3n) is 1.66. The number of H-pyrrole nitrogens is 1. The molecule has 0 bridgehead atoms. The van der Waals surface area contributed by atoms with E-state index in [1.54, 1.807) is 0 Å². The lowest BCUT2D eigenvalue weighted by atomic mass is 10.3. The summed E-state index contributed by atoms with van der Waals surface area (Å²) in [6, 6.07) is 1.68. The maximum absolute atomic E-state index is 11.1. The lowest BCUT2D eigenvalue weighted by Gasteiger charge is -2.03. The van der Waals surface area contributed by atoms with Crippen LogP contribution in [0.25, 0.3) is 0 Å². The SMILES string of the molecule is Cc1cc(=O)[nH]c(SCCC(C)N)n1. The molecule has 1 atom stereocenters. The summed E-state index contributed by atoms with van der Waals surface area (Å²) in [5.41, 5.74) is 6.26. The van der Waals surface area contributed by atoms with E-state index < -0.39 is 0 Å². The summed E-state index contributed by atoms with van der Waals surface area (Å²) in [6.45, 7) is 3.78. The fraction of sp³-hybridized carbons (Fsp3) is 0.556. The van der Waals surface area contributed by atoms with Crippen LogP contribution in [0, 0.1) is 6.92 Å². The number of nitrogens with one attached hydrogen (secondary N) is 1. The van der Waals surface area contributed by atoms with Crippen molar-refractivity contribution < 1.29 is 0 Å². The van der Waals surface area contributed by atoms with Crippen LogP contribution in [-0.4, -0.2) is 21.8 Å². The van der Waals surface area contributed by atoms with Gasteiger partial charge < -0.3 is 10.7 Å². The van der Waals surface area contributed by atoms with Gasteiger partial charge in [0.2, 0.25) is 0 Å². The second-order valence-electron chi connectivity index (χ2n) is 3.31. The summed E-state index contributed by atoms with van der Waals surface area (Å²) in [5, 5.41) is 0.677. The predicted octanol–water partition coefficient (Wildman–Crippen LogP) is 0.908. The Labute approximate surface area is 87.3 Å². The minimum absolute atomic E-state index is 0.0965. The molecule has 0 aliphatic carbocycles. The number of aryl methyl sites for hydroxylation is 1. The molecule has 0 fully saturated rings. The molecule has 0 saturated carbocycles. The van der Waals surface area contributed by atoms with Crippen molar-refractivity contribution in [2.75, 3.05) is 5.75 Å². The Kier molecular flexibility index (Phi) is 4.16. The van der Waals surface area contributed by atoms with E-state index in [1.807, 2.05) is 13.8 Å². The maximum Gasteiger partial charge on any atom is 0.251 e. The molecule has 1 unspecified atom stereocenters. The normalized spacial score (nSPS) is 12.8. The van der Waals surface area contributed by atoms with Crippen molar-refractivity contribution in [3.05, 3.63) is 22.1 Å². The molecule has 0 aliphatic rings. The molecule has 0 radical (unpaired) electrons. The topological polar surface area (TPSA) is 71.8 Å². The lowest BCUT2D eigenvalue weighted by molar-refractivity contribution is 0.720. The molecule has 3 N–H and O–H groups in total. The number of nitrogens with zero attached hydrogens (tertiary/aromatic N) is 1. The molecule has 1 aromatic heterocycles. The summed E-state index contributed by atoms with van der Waals surface area (Å²) in [6.07, 6.45) is 0.919. The van der Waals surface area contributed by atoms with E-state index in [2.05, 4.69) is 9.97 Å². The molecule has 4 nitrogen and oxygen atoms in total. The average Bonchev–Trinajstić information content (AvgIpc) is 2.01. The molecule has 0 saturated heterocycles. The van der Waals surface area contributed by atoms with Gasteiger partial charge in [-0.3, -0.25) is 4.79 Å². The highest BCUT2D eigenvalue weighted by molar-refractivity contribution is 7.99. The fourth-order valence-corrected chi connectivity index (χ4v) is 2.03. The summed E-state index contributed by atoms with van der Waals surface area (Å²) in [4.78, 5) is 17.9. The Morgan fingerprint density at radius 3 is 3.00 bits per heavy atom. The highest BCUT2D eigenvalue weighted by Crippen LogP contribution is 2.12. The molecule has 0 aliphatic heterocycles. The monoisotopic (exact) mass is 213 g/mol. The third-order valence-corrected chi connectivity index (χ3v) is 2.57. The van der Waals surface area contributed by atoms with Crippen molar-refractivity contribution in [2.45, 2.75) is 31.5 Å². The lowest BCUT2D eigenvalue weighted by Crippen LogP contribution is -2.15. The number of hydrogen-bond acceptors (Lipinski definition) is 4. The van der Waals surface area contributed by atoms with Crippen LogP contribution in [-0.2, 0) is 0 Å². The number of nitrogens with two attached hydrogens (primary N) is 1. The maximum atomic E-state index is 11.1. The van der Waals surface area contributed by atoms with Gasteiger partial charge in [-0.15, -0.1) is 0 Å². The second-order valence-corrected chi connectivity index (χ2v) is 4.39. The fourth-order valence-electron chi connectivity index (χ4n) is 0.961. The molecular weight excluding hydrogens is 198 g/mol. The number of hydrogen-bond donors (Lipinski definition) is 2. The Bertz CT molecular complexity index is 348. The van der Waals surface area contributed by atoms with Crippen LogP contribution in [0.3, 0.4) is 0 Å². The van der Waals surface area contributed by atoms with Crippen molar-refractivity contribution >= 4 is 11.8 Å². The van der Waals surface area contributed by atoms with E-state index >= 15 is 0 Å². The molecule has 1 rings (SSSR count). The molecule has 1 heterocycles. The Morgan fingerprint density at radius 2 is 2.43 bits per heavy atom. The van der Waals surface area contributed by atoms with Crippen molar-refractivity contribution in [3.63, 3.8) is 0 Å². The van der Waals surface area contributed by atoms with Crippen LogP contribution in [0.5, 0.6) is 0 Å². The van der Waals surface area contributed by atoms with Gasteiger partial charge in [0.15, 0.2) is 5.16 Å². The number of rotatable bonds is 4. The second kappa shape index (κ2) is 5.17. The van der Waals surface area contributed by atoms with Crippen LogP contribution in [0.15, 0.2) is 16.0 Å². The minimum Gasteiger partial charge on any atom is -0.328 e. The van der Waals surface area contributed by atoms with E-state index in [0.717, 1.165) is 17.9 Å². The van der Waals surface area contributed by atoms with E-state index in [4.69, 9.17) is 5.73 Å². The van der Waals surface area contributed by atoms with Crippen molar-refractivity contribution in [2.24, 2.45) is 5.73 Å². The van der Waals surface area contributed by atoms with Crippen LogP contribution in [0.4, 0.5) is 0 Å². The van der Waals surface area contributed by atoms with E-state index in [9.17, 15) is 4.79 Å². The zero-order valence-corrected chi connectivity index (χ0v) is 9.23.